The summed E-state index contributed by atoms with van der Waals surface area (Å²) in [4.78, 5) is 25.5. The Labute approximate surface area is 198 Å². The van der Waals surface area contributed by atoms with Crippen LogP contribution in [0.4, 0.5) is 18.0 Å². The Kier molecular flexibility index (Phi) is 8.38. The van der Waals surface area contributed by atoms with Crippen molar-refractivity contribution in [3.05, 3.63) is 77.9 Å². The van der Waals surface area contributed by atoms with Gasteiger partial charge in [0.2, 0.25) is 5.91 Å². The molecule has 0 fully saturated rings. The first-order valence-electron chi connectivity index (χ1n) is 10.2. The van der Waals surface area contributed by atoms with Gasteiger partial charge in [0.15, 0.2) is 0 Å². The summed E-state index contributed by atoms with van der Waals surface area (Å²) in [6.45, 7) is -0.199. The Bertz CT molecular complexity index is 1190. The quantitative estimate of drug-likeness (QED) is 0.323. The minimum Gasteiger partial charge on any atom is -0.341 e. The summed E-state index contributed by atoms with van der Waals surface area (Å²) < 4.78 is 39.9. The molecule has 1 unspecified atom stereocenters. The van der Waals surface area contributed by atoms with Gasteiger partial charge >= 0.3 is 12.2 Å². The molecule has 0 heterocycles. The zero-order chi connectivity index (χ0) is 24.6. The fourth-order valence-corrected chi connectivity index (χ4v) is 3.80. The molecule has 3 aromatic rings. The summed E-state index contributed by atoms with van der Waals surface area (Å²) in [6, 6.07) is 19.3. The molecule has 3 rings (SSSR count). The van der Waals surface area contributed by atoms with Crippen molar-refractivity contribution in [2.24, 2.45) is 0 Å². The first-order chi connectivity index (χ1) is 16.2. The van der Waals surface area contributed by atoms with Crippen molar-refractivity contribution < 1.29 is 22.8 Å². The van der Waals surface area contributed by atoms with E-state index in [0.717, 1.165) is 28.3 Å². The van der Waals surface area contributed by atoms with E-state index in [0.29, 0.717) is 4.90 Å². The summed E-state index contributed by atoms with van der Waals surface area (Å²) >= 11 is 0.908. The van der Waals surface area contributed by atoms with Gasteiger partial charge in [0.05, 0.1) is 12.5 Å². The predicted octanol–water partition coefficient (Wildman–Crippen LogP) is 4.50. The van der Waals surface area contributed by atoms with Gasteiger partial charge in [-0.2, -0.15) is 18.4 Å². The standard InChI is InChI=1S/C24H21F3N4O2S/c25-24(26,27)15-16-6-9-20(10-7-16)34-31-23(33)30-21(22(32)29-12-11-28)14-17-5-8-18-3-1-2-4-19(18)13-17/h1-10,13,21H,12,14-15H2,(H,29,32)(H2,30,31,33). The Morgan fingerprint density at radius 1 is 0.971 bits per heavy atom. The number of rotatable bonds is 8. The molecule has 0 aliphatic rings. The minimum atomic E-state index is -4.29. The van der Waals surface area contributed by atoms with Crippen LogP contribution in [0.3, 0.4) is 0 Å². The summed E-state index contributed by atoms with van der Waals surface area (Å²) in [5, 5.41) is 15.8. The molecule has 0 aliphatic carbocycles. The van der Waals surface area contributed by atoms with E-state index < -0.39 is 30.6 Å². The molecule has 0 aromatic heterocycles. The number of nitriles is 1. The van der Waals surface area contributed by atoms with Gasteiger partial charge in [0, 0.05) is 11.3 Å². The Hall–Kier alpha value is -3.71. The predicted molar refractivity (Wildman–Crippen MR) is 124 cm³/mol. The molecule has 10 heteroatoms. The third kappa shape index (κ3) is 7.71. The third-order valence-electron chi connectivity index (χ3n) is 4.81. The van der Waals surface area contributed by atoms with E-state index in [1.54, 1.807) is 0 Å². The molecular weight excluding hydrogens is 465 g/mol. The molecule has 176 valence electrons. The number of hydrogen-bond donors (Lipinski definition) is 3. The zero-order valence-corrected chi connectivity index (χ0v) is 18.7. The van der Waals surface area contributed by atoms with E-state index in [2.05, 4.69) is 15.4 Å². The van der Waals surface area contributed by atoms with Crippen LogP contribution in [-0.4, -0.2) is 30.7 Å². The molecule has 0 spiro atoms. The molecule has 6 nitrogen and oxygen atoms in total. The van der Waals surface area contributed by atoms with Crippen LogP contribution in [0.5, 0.6) is 0 Å². The largest absolute Gasteiger partial charge is 0.393 e. The van der Waals surface area contributed by atoms with Crippen LogP contribution in [0.15, 0.2) is 71.6 Å². The van der Waals surface area contributed by atoms with Crippen molar-refractivity contribution in [1.82, 2.24) is 15.4 Å². The number of nitrogens with zero attached hydrogens (tertiary/aromatic N) is 1. The number of carbonyl (C=O) groups excluding carboxylic acids is 2. The van der Waals surface area contributed by atoms with Crippen molar-refractivity contribution >= 4 is 34.7 Å². The van der Waals surface area contributed by atoms with Gasteiger partial charge in [-0.1, -0.05) is 54.6 Å². The van der Waals surface area contributed by atoms with Crippen LogP contribution < -0.4 is 15.4 Å². The molecule has 0 saturated carbocycles. The van der Waals surface area contributed by atoms with Gasteiger partial charge in [-0.3, -0.25) is 9.52 Å². The van der Waals surface area contributed by atoms with Crippen molar-refractivity contribution in [3.8, 4) is 6.07 Å². The first-order valence-corrected chi connectivity index (χ1v) is 11.1. The summed E-state index contributed by atoms with van der Waals surface area (Å²) in [5.74, 6) is -0.508. The zero-order valence-electron chi connectivity index (χ0n) is 17.9. The van der Waals surface area contributed by atoms with Gasteiger partial charge in [-0.05, 0) is 46.0 Å². The Morgan fingerprint density at radius 3 is 2.32 bits per heavy atom. The number of alkyl halides is 3. The number of nitrogens with one attached hydrogen (secondary N) is 3. The number of fused-ring (bicyclic) bond motifs is 1. The van der Waals surface area contributed by atoms with Crippen LogP contribution in [0.1, 0.15) is 11.1 Å². The molecule has 3 aromatic carbocycles. The van der Waals surface area contributed by atoms with Gasteiger partial charge in [0.1, 0.15) is 12.6 Å². The second-order valence-corrected chi connectivity index (χ2v) is 8.31. The fraction of sp³-hybridized carbons (Fsp3) is 0.208. The van der Waals surface area contributed by atoms with Crippen LogP contribution in [-0.2, 0) is 17.6 Å². The fourth-order valence-electron chi connectivity index (χ4n) is 3.26. The molecule has 0 radical (unpaired) electrons. The van der Waals surface area contributed by atoms with E-state index in [1.807, 2.05) is 48.5 Å². The number of carbonyl (C=O) groups is 2. The highest BCUT2D eigenvalue weighted by Gasteiger charge is 2.27. The second-order valence-electron chi connectivity index (χ2n) is 7.43. The van der Waals surface area contributed by atoms with Gasteiger partial charge < -0.3 is 10.6 Å². The second kappa shape index (κ2) is 11.4. The SMILES string of the molecule is N#CCNC(=O)C(Cc1ccc2ccccc2c1)NC(=O)NSc1ccc(CC(F)(F)F)cc1. The van der Waals surface area contributed by atoms with E-state index >= 15 is 0 Å². The molecule has 0 aliphatic heterocycles. The van der Waals surface area contributed by atoms with Crippen LogP contribution in [0, 0.1) is 11.3 Å². The highest BCUT2D eigenvalue weighted by molar-refractivity contribution is 7.98. The lowest BCUT2D eigenvalue weighted by atomic mass is 10.0. The number of amides is 3. The molecule has 3 N–H and O–H groups in total. The van der Waals surface area contributed by atoms with Crippen LogP contribution in [0.25, 0.3) is 10.8 Å². The molecule has 1 atom stereocenters. The molecular formula is C24H21F3N4O2S. The lowest BCUT2D eigenvalue weighted by Gasteiger charge is -2.18. The summed E-state index contributed by atoms with van der Waals surface area (Å²) in [5.41, 5.74) is 0.940. The van der Waals surface area contributed by atoms with Crippen molar-refractivity contribution in [2.75, 3.05) is 6.54 Å². The third-order valence-corrected chi connectivity index (χ3v) is 5.60. The topological polar surface area (TPSA) is 94.0 Å². The van der Waals surface area contributed by atoms with Gasteiger partial charge in [-0.25, -0.2) is 4.79 Å². The Morgan fingerprint density at radius 2 is 1.65 bits per heavy atom. The minimum absolute atomic E-state index is 0.117. The maximum absolute atomic E-state index is 12.5. The molecule has 3 amide bonds. The van der Waals surface area contributed by atoms with E-state index in [1.165, 1.54) is 24.3 Å². The number of urea groups is 1. The van der Waals surface area contributed by atoms with E-state index in [4.69, 9.17) is 5.26 Å². The number of benzene rings is 3. The number of halogens is 3. The highest BCUT2D eigenvalue weighted by atomic mass is 32.2. The molecule has 34 heavy (non-hydrogen) atoms. The summed E-state index contributed by atoms with van der Waals surface area (Å²) in [7, 11) is 0. The van der Waals surface area contributed by atoms with Gasteiger partial charge in [-0.15, -0.1) is 0 Å². The maximum Gasteiger partial charge on any atom is 0.393 e. The van der Waals surface area contributed by atoms with Crippen molar-refractivity contribution in [3.63, 3.8) is 0 Å². The smallest absolute Gasteiger partial charge is 0.341 e. The lowest BCUT2D eigenvalue weighted by molar-refractivity contribution is -0.127. The molecule has 0 saturated heterocycles. The Balaban J connectivity index is 1.62. The van der Waals surface area contributed by atoms with Crippen molar-refractivity contribution in [1.29, 1.82) is 5.26 Å². The highest BCUT2D eigenvalue weighted by Crippen LogP contribution is 2.23. The maximum atomic E-state index is 12.5. The van der Waals surface area contributed by atoms with E-state index in [-0.39, 0.29) is 18.5 Å². The van der Waals surface area contributed by atoms with Crippen LogP contribution in [0.2, 0.25) is 0 Å². The van der Waals surface area contributed by atoms with Gasteiger partial charge in [0.25, 0.3) is 0 Å². The van der Waals surface area contributed by atoms with Crippen LogP contribution >= 0.6 is 11.9 Å². The summed E-state index contributed by atoms with van der Waals surface area (Å²) in [6.07, 6.45) is -5.12. The monoisotopic (exact) mass is 486 g/mol. The average molecular weight is 487 g/mol. The first kappa shape index (κ1) is 24.9. The average Bonchev–Trinajstić information content (AvgIpc) is 2.80. The van der Waals surface area contributed by atoms with Crippen molar-refractivity contribution in [2.45, 2.75) is 30.0 Å². The lowest BCUT2D eigenvalue weighted by Crippen LogP contribution is -2.50. The van der Waals surface area contributed by atoms with E-state index in [9.17, 15) is 22.8 Å². The molecule has 0 bridgehead atoms. The number of hydrogen-bond acceptors (Lipinski definition) is 4. The normalized spacial score (nSPS) is 11.9.